The second-order valence-electron chi connectivity index (χ2n) is 5.15. The highest BCUT2D eigenvalue weighted by Gasteiger charge is 2.17. The van der Waals surface area contributed by atoms with Gasteiger partial charge in [0.05, 0.1) is 9.79 Å². The zero-order valence-corrected chi connectivity index (χ0v) is 14.1. The highest BCUT2D eigenvalue weighted by atomic mass is 32.2. The summed E-state index contributed by atoms with van der Waals surface area (Å²) in [5.41, 5.74) is 2.46. The first-order valence-corrected chi connectivity index (χ1v) is 9.87. The topological polar surface area (TPSA) is 80.3 Å². The Kier molecular flexibility index (Phi) is 4.30. The van der Waals surface area contributed by atoms with Crippen LogP contribution in [0.1, 0.15) is 11.1 Å². The molecule has 0 amide bonds. The number of sulfone groups is 1. The van der Waals surface area contributed by atoms with E-state index in [2.05, 4.69) is 4.72 Å². The van der Waals surface area contributed by atoms with Gasteiger partial charge in [-0.1, -0.05) is 12.1 Å². The maximum atomic E-state index is 12.4. The molecule has 2 rings (SSSR count). The lowest BCUT2D eigenvalue weighted by Gasteiger charge is -2.10. The van der Waals surface area contributed by atoms with Gasteiger partial charge in [0.1, 0.15) is 0 Å². The van der Waals surface area contributed by atoms with Crippen LogP contribution in [-0.2, 0) is 19.9 Å². The van der Waals surface area contributed by atoms with Gasteiger partial charge in [0.2, 0.25) is 0 Å². The SMILES string of the molecule is Cc1ccc(NS(=O)(=O)c2cccc(S(C)(=O)=O)c2)cc1C. The van der Waals surface area contributed by atoms with Gasteiger partial charge < -0.3 is 0 Å². The number of aryl methyl sites for hydroxylation is 2. The second-order valence-corrected chi connectivity index (χ2v) is 8.85. The lowest BCUT2D eigenvalue weighted by Crippen LogP contribution is -2.13. The van der Waals surface area contributed by atoms with Gasteiger partial charge in [0.25, 0.3) is 10.0 Å². The van der Waals surface area contributed by atoms with Crippen LogP contribution in [0.15, 0.2) is 52.3 Å². The van der Waals surface area contributed by atoms with E-state index < -0.39 is 19.9 Å². The third kappa shape index (κ3) is 3.66. The van der Waals surface area contributed by atoms with Crippen molar-refractivity contribution < 1.29 is 16.8 Å². The Morgan fingerprint density at radius 1 is 0.818 bits per heavy atom. The van der Waals surface area contributed by atoms with Crippen molar-refractivity contribution in [1.29, 1.82) is 0 Å². The molecule has 0 saturated heterocycles. The first-order chi connectivity index (χ1) is 10.1. The summed E-state index contributed by atoms with van der Waals surface area (Å²) in [6.07, 6.45) is 1.04. The normalized spacial score (nSPS) is 12.1. The Morgan fingerprint density at radius 3 is 2.05 bits per heavy atom. The summed E-state index contributed by atoms with van der Waals surface area (Å²) in [4.78, 5) is -0.121. The Bertz CT molecular complexity index is 916. The summed E-state index contributed by atoms with van der Waals surface area (Å²) in [7, 11) is -7.30. The number of anilines is 1. The van der Waals surface area contributed by atoms with E-state index >= 15 is 0 Å². The summed E-state index contributed by atoms with van der Waals surface area (Å²) in [5, 5.41) is 0. The van der Waals surface area contributed by atoms with Crippen molar-refractivity contribution in [2.45, 2.75) is 23.6 Å². The van der Waals surface area contributed by atoms with Crippen LogP contribution in [0, 0.1) is 13.8 Å². The molecule has 0 spiro atoms. The molecule has 7 heteroatoms. The smallest absolute Gasteiger partial charge is 0.261 e. The van der Waals surface area contributed by atoms with Crippen molar-refractivity contribution in [3.05, 3.63) is 53.6 Å². The van der Waals surface area contributed by atoms with Gasteiger partial charge in [-0.3, -0.25) is 4.72 Å². The molecule has 22 heavy (non-hydrogen) atoms. The minimum absolute atomic E-state index is 0.0320. The first kappa shape index (κ1) is 16.5. The zero-order chi connectivity index (χ0) is 16.5. The number of rotatable bonds is 4. The molecule has 118 valence electrons. The van der Waals surface area contributed by atoms with Gasteiger partial charge in [-0.25, -0.2) is 16.8 Å². The minimum atomic E-state index is -3.84. The molecule has 0 aliphatic heterocycles. The lowest BCUT2D eigenvalue weighted by molar-refractivity contribution is 0.599. The van der Waals surface area contributed by atoms with Crippen LogP contribution in [-0.4, -0.2) is 23.1 Å². The Balaban J connectivity index is 2.40. The summed E-state index contributed by atoms with van der Waals surface area (Å²) < 4.78 is 50.3. The van der Waals surface area contributed by atoms with Crippen LogP contribution in [0.2, 0.25) is 0 Å². The molecular weight excluding hydrogens is 322 g/mol. The number of benzene rings is 2. The molecule has 2 aromatic rings. The summed E-state index contributed by atoms with van der Waals surface area (Å²) >= 11 is 0. The fourth-order valence-corrected chi connectivity index (χ4v) is 3.73. The molecule has 2 aromatic carbocycles. The Morgan fingerprint density at radius 2 is 1.45 bits per heavy atom. The van der Waals surface area contributed by atoms with Gasteiger partial charge >= 0.3 is 0 Å². The maximum Gasteiger partial charge on any atom is 0.261 e. The lowest BCUT2D eigenvalue weighted by atomic mass is 10.1. The van der Waals surface area contributed by atoms with E-state index in [9.17, 15) is 16.8 Å². The molecule has 0 unspecified atom stereocenters. The van der Waals surface area contributed by atoms with Crippen molar-refractivity contribution in [2.75, 3.05) is 11.0 Å². The van der Waals surface area contributed by atoms with Crippen molar-refractivity contribution in [3.8, 4) is 0 Å². The minimum Gasteiger partial charge on any atom is -0.280 e. The first-order valence-electron chi connectivity index (χ1n) is 6.50. The van der Waals surface area contributed by atoms with E-state index in [4.69, 9.17) is 0 Å². The molecule has 0 bridgehead atoms. The molecule has 0 fully saturated rings. The van der Waals surface area contributed by atoms with E-state index in [1.54, 1.807) is 12.1 Å². The molecular formula is C15H17NO4S2. The van der Waals surface area contributed by atoms with Crippen molar-refractivity contribution in [3.63, 3.8) is 0 Å². The molecule has 0 aliphatic rings. The van der Waals surface area contributed by atoms with Gasteiger partial charge in [0, 0.05) is 11.9 Å². The third-order valence-corrected chi connectivity index (χ3v) is 5.79. The zero-order valence-electron chi connectivity index (χ0n) is 12.5. The molecule has 0 aromatic heterocycles. The van der Waals surface area contributed by atoms with Gasteiger partial charge in [0.15, 0.2) is 9.84 Å². The third-order valence-electron chi connectivity index (χ3n) is 3.30. The molecule has 1 N–H and O–H groups in total. The van der Waals surface area contributed by atoms with E-state index in [0.717, 1.165) is 23.4 Å². The molecule has 0 atom stereocenters. The van der Waals surface area contributed by atoms with E-state index in [1.807, 2.05) is 19.9 Å². The molecule has 0 heterocycles. The average Bonchev–Trinajstić information content (AvgIpc) is 2.42. The molecule has 0 aliphatic carbocycles. The standard InChI is InChI=1S/C15H17NO4S2/c1-11-7-8-13(9-12(11)2)16-22(19,20)15-6-4-5-14(10-15)21(3,17)18/h4-10,16H,1-3H3. The Hall–Kier alpha value is -1.86. The average molecular weight is 339 g/mol. The van der Waals surface area contributed by atoms with Gasteiger partial charge in [-0.05, 0) is 55.3 Å². The molecule has 0 radical (unpaired) electrons. The van der Waals surface area contributed by atoms with Crippen molar-refractivity contribution >= 4 is 25.5 Å². The maximum absolute atomic E-state index is 12.4. The van der Waals surface area contributed by atoms with Crippen LogP contribution >= 0.6 is 0 Å². The fourth-order valence-electron chi connectivity index (χ4n) is 1.89. The second kappa shape index (κ2) is 5.73. The summed E-state index contributed by atoms with van der Waals surface area (Å²) in [5.74, 6) is 0. The van der Waals surface area contributed by atoms with E-state index in [-0.39, 0.29) is 9.79 Å². The Labute approximate surface area is 131 Å². The monoisotopic (exact) mass is 339 g/mol. The van der Waals surface area contributed by atoms with Crippen LogP contribution < -0.4 is 4.72 Å². The summed E-state index contributed by atoms with van der Waals surface area (Å²) in [6.45, 7) is 3.82. The number of sulfonamides is 1. The van der Waals surface area contributed by atoms with Gasteiger partial charge in [-0.15, -0.1) is 0 Å². The fraction of sp³-hybridized carbons (Fsp3) is 0.200. The van der Waals surface area contributed by atoms with Crippen molar-refractivity contribution in [2.24, 2.45) is 0 Å². The van der Waals surface area contributed by atoms with Crippen LogP contribution in [0.25, 0.3) is 0 Å². The van der Waals surface area contributed by atoms with Crippen LogP contribution in [0.4, 0.5) is 5.69 Å². The molecule has 0 saturated carbocycles. The van der Waals surface area contributed by atoms with E-state index in [1.165, 1.54) is 18.2 Å². The number of nitrogens with one attached hydrogen (secondary N) is 1. The number of hydrogen-bond donors (Lipinski definition) is 1. The highest BCUT2D eigenvalue weighted by molar-refractivity contribution is 7.93. The van der Waals surface area contributed by atoms with E-state index in [0.29, 0.717) is 5.69 Å². The van der Waals surface area contributed by atoms with Crippen LogP contribution in [0.3, 0.4) is 0 Å². The molecule has 5 nitrogen and oxygen atoms in total. The predicted molar refractivity (Wildman–Crippen MR) is 86.3 cm³/mol. The largest absolute Gasteiger partial charge is 0.280 e. The highest BCUT2D eigenvalue weighted by Crippen LogP contribution is 2.21. The summed E-state index contributed by atoms with van der Waals surface area (Å²) in [6, 6.07) is 10.5. The number of hydrogen-bond acceptors (Lipinski definition) is 4. The quantitative estimate of drug-likeness (QED) is 0.928. The van der Waals surface area contributed by atoms with Gasteiger partial charge in [-0.2, -0.15) is 0 Å². The van der Waals surface area contributed by atoms with Crippen molar-refractivity contribution in [1.82, 2.24) is 0 Å². The van der Waals surface area contributed by atoms with Crippen LogP contribution in [0.5, 0.6) is 0 Å². The predicted octanol–water partition coefficient (Wildman–Crippen LogP) is 2.51.